The molecule has 3 rings (SSSR count). The summed E-state index contributed by atoms with van der Waals surface area (Å²) in [5.74, 6) is 0.654. The minimum atomic E-state index is -0.180. The molecule has 1 aliphatic rings. The van der Waals surface area contributed by atoms with Crippen LogP contribution in [0.5, 0.6) is 0 Å². The van der Waals surface area contributed by atoms with Crippen LogP contribution in [0.15, 0.2) is 24.5 Å². The first-order chi connectivity index (χ1) is 8.83. The first-order valence-corrected chi connectivity index (χ1v) is 6.17. The zero-order valence-corrected chi connectivity index (χ0v) is 9.97. The number of nitrogens with one attached hydrogen (secondary N) is 2. The number of nitrogens with zero attached hydrogens (tertiary/aromatic N) is 3. The number of urea groups is 1. The fourth-order valence-corrected chi connectivity index (χ4v) is 2.03. The van der Waals surface area contributed by atoms with Crippen molar-refractivity contribution in [1.29, 1.82) is 0 Å². The highest BCUT2D eigenvalue weighted by Crippen LogP contribution is 2.25. The summed E-state index contributed by atoms with van der Waals surface area (Å²) in [7, 11) is 0. The summed E-state index contributed by atoms with van der Waals surface area (Å²) in [4.78, 5) is 11.7. The number of carbonyl (C=O) groups is 1. The Balaban J connectivity index is 1.62. The average molecular weight is 245 g/mol. The van der Waals surface area contributed by atoms with Crippen LogP contribution in [-0.4, -0.2) is 27.4 Å². The summed E-state index contributed by atoms with van der Waals surface area (Å²) in [5.41, 5.74) is 1.46. The Hall–Kier alpha value is -2.11. The maximum Gasteiger partial charge on any atom is 0.319 e. The SMILES string of the molecule is O=C(NCC1CCC1)Nc1cnn2ncccc12. The Morgan fingerprint density at radius 1 is 1.44 bits per heavy atom. The van der Waals surface area contributed by atoms with E-state index in [1.165, 1.54) is 23.9 Å². The van der Waals surface area contributed by atoms with Crippen LogP contribution in [0.3, 0.4) is 0 Å². The van der Waals surface area contributed by atoms with Crippen LogP contribution in [0.4, 0.5) is 10.5 Å². The molecule has 18 heavy (non-hydrogen) atoms. The standard InChI is InChI=1S/C12H15N5O/c18-12(13-7-9-3-1-4-9)16-10-8-15-17-11(10)5-2-6-14-17/h2,5-6,8-9H,1,3-4,7H2,(H2,13,16,18). The third kappa shape index (κ3) is 2.13. The predicted molar refractivity (Wildman–Crippen MR) is 67.3 cm³/mol. The molecule has 2 heterocycles. The van der Waals surface area contributed by atoms with E-state index in [1.807, 2.05) is 12.1 Å². The first kappa shape index (κ1) is 11.0. The van der Waals surface area contributed by atoms with Gasteiger partial charge < -0.3 is 10.6 Å². The molecular formula is C12H15N5O. The van der Waals surface area contributed by atoms with E-state index in [2.05, 4.69) is 20.8 Å². The van der Waals surface area contributed by atoms with Crippen molar-refractivity contribution >= 4 is 17.2 Å². The van der Waals surface area contributed by atoms with Crippen molar-refractivity contribution in [3.8, 4) is 0 Å². The smallest absolute Gasteiger partial charge is 0.319 e. The molecule has 1 aliphatic carbocycles. The van der Waals surface area contributed by atoms with Gasteiger partial charge in [-0.15, -0.1) is 4.63 Å². The molecule has 0 radical (unpaired) electrons. The van der Waals surface area contributed by atoms with Crippen LogP contribution >= 0.6 is 0 Å². The summed E-state index contributed by atoms with van der Waals surface area (Å²) in [5, 5.41) is 13.8. The van der Waals surface area contributed by atoms with E-state index in [4.69, 9.17) is 0 Å². The largest absolute Gasteiger partial charge is 0.338 e. The second kappa shape index (κ2) is 4.64. The molecule has 0 saturated heterocycles. The lowest BCUT2D eigenvalue weighted by molar-refractivity contribution is 0.243. The molecule has 1 fully saturated rings. The molecule has 2 aromatic heterocycles. The van der Waals surface area contributed by atoms with E-state index in [-0.39, 0.29) is 6.03 Å². The number of rotatable bonds is 3. The molecule has 6 heteroatoms. The molecule has 0 aliphatic heterocycles. The highest BCUT2D eigenvalue weighted by atomic mass is 16.2. The molecule has 2 aromatic rings. The zero-order chi connectivity index (χ0) is 12.4. The van der Waals surface area contributed by atoms with Crippen molar-refractivity contribution < 1.29 is 4.79 Å². The van der Waals surface area contributed by atoms with Gasteiger partial charge in [-0.1, -0.05) is 6.42 Å². The monoisotopic (exact) mass is 245 g/mol. The van der Waals surface area contributed by atoms with Crippen LogP contribution in [-0.2, 0) is 0 Å². The number of hydrogen-bond acceptors (Lipinski definition) is 3. The van der Waals surface area contributed by atoms with Gasteiger partial charge in [-0.05, 0) is 30.9 Å². The number of aromatic nitrogens is 3. The topological polar surface area (TPSA) is 71.3 Å². The summed E-state index contributed by atoms with van der Waals surface area (Å²) in [6.07, 6.45) is 6.99. The first-order valence-electron chi connectivity index (χ1n) is 6.17. The second-order valence-corrected chi connectivity index (χ2v) is 4.59. The number of carbonyl (C=O) groups excluding carboxylic acids is 1. The van der Waals surface area contributed by atoms with Gasteiger partial charge in [0, 0.05) is 12.7 Å². The quantitative estimate of drug-likeness (QED) is 0.863. The minimum absolute atomic E-state index is 0.180. The fourth-order valence-electron chi connectivity index (χ4n) is 2.03. The van der Waals surface area contributed by atoms with Gasteiger partial charge in [0.25, 0.3) is 0 Å². The number of amides is 2. The maximum absolute atomic E-state index is 11.7. The van der Waals surface area contributed by atoms with Crippen molar-refractivity contribution in [3.05, 3.63) is 24.5 Å². The lowest BCUT2D eigenvalue weighted by Crippen LogP contribution is -2.35. The van der Waals surface area contributed by atoms with Gasteiger partial charge >= 0.3 is 6.03 Å². The highest BCUT2D eigenvalue weighted by molar-refractivity contribution is 5.93. The zero-order valence-electron chi connectivity index (χ0n) is 9.97. The minimum Gasteiger partial charge on any atom is -0.338 e. The third-order valence-corrected chi connectivity index (χ3v) is 3.33. The molecule has 0 bridgehead atoms. The van der Waals surface area contributed by atoms with Crippen LogP contribution in [0, 0.1) is 5.92 Å². The van der Waals surface area contributed by atoms with Crippen LogP contribution in [0.25, 0.3) is 5.52 Å². The average Bonchev–Trinajstić information content (AvgIpc) is 2.71. The lowest BCUT2D eigenvalue weighted by Gasteiger charge is -2.25. The summed E-state index contributed by atoms with van der Waals surface area (Å²) in [6, 6.07) is 3.50. The lowest BCUT2D eigenvalue weighted by atomic mass is 9.85. The van der Waals surface area contributed by atoms with E-state index >= 15 is 0 Å². The molecule has 2 amide bonds. The van der Waals surface area contributed by atoms with Crippen molar-refractivity contribution in [1.82, 2.24) is 20.1 Å². The van der Waals surface area contributed by atoms with Gasteiger partial charge in [-0.25, -0.2) is 4.79 Å². The van der Waals surface area contributed by atoms with Crippen LogP contribution in [0.1, 0.15) is 19.3 Å². The van der Waals surface area contributed by atoms with Gasteiger partial charge in [0.2, 0.25) is 0 Å². The summed E-state index contributed by atoms with van der Waals surface area (Å²) < 4.78 is 1.49. The molecule has 1 saturated carbocycles. The van der Waals surface area contributed by atoms with E-state index in [0.717, 1.165) is 12.1 Å². The molecule has 0 aromatic carbocycles. The highest BCUT2D eigenvalue weighted by Gasteiger charge is 2.18. The van der Waals surface area contributed by atoms with Gasteiger partial charge in [0.15, 0.2) is 0 Å². The number of hydrogen-bond donors (Lipinski definition) is 2. The number of anilines is 1. The molecular weight excluding hydrogens is 230 g/mol. The predicted octanol–water partition coefficient (Wildman–Crippen LogP) is 1.65. The van der Waals surface area contributed by atoms with Gasteiger partial charge in [0.05, 0.1) is 11.9 Å². The van der Waals surface area contributed by atoms with Crippen molar-refractivity contribution in [2.45, 2.75) is 19.3 Å². The number of fused-ring (bicyclic) bond motifs is 1. The Morgan fingerprint density at radius 2 is 2.33 bits per heavy atom. The van der Waals surface area contributed by atoms with Crippen molar-refractivity contribution in [2.24, 2.45) is 5.92 Å². The Labute approximate surface area is 104 Å². The molecule has 2 N–H and O–H groups in total. The maximum atomic E-state index is 11.7. The van der Waals surface area contributed by atoms with Gasteiger partial charge in [0.1, 0.15) is 5.52 Å². The van der Waals surface area contributed by atoms with Crippen LogP contribution < -0.4 is 10.6 Å². The molecule has 0 spiro atoms. The fraction of sp³-hybridized carbons (Fsp3) is 0.417. The summed E-state index contributed by atoms with van der Waals surface area (Å²) in [6.45, 7) is 0.753. The van der Waals surface area contributed by atoms with Crippen molar-refractivity contribution in [3.63, 3.8) is 0 Å². The molecule has 0 atom stereocenters. The normalized spacial score (nSPS) is 15.3. The Morgan fingerprint density at radius 3 is 3.11 bits per heavy atom. The summed E-state index contributed by atoms with van der Waals surface area (Å²) >= 11 is 0. The van der Waals surface area contributed by atoms with E-state index in [9.17, 15) is 4.79 Å². The van der Waals surface area contributed by atoms with Gasteiger partial charge in [-0.2, -0.15) is 10.2 Å². The van der Waals surface area contributed by atoms with E-state index < -0.39 is 0 Å². The Kier molecular flexibility index (Phi) is 2.84. The Bertz CT molecular complexity index is 560. The van der Waals surface area contributed by atoms with E-state index in [0.29, 0.717) is 11.6 Å². The van der Waals surface area contributed by atoms with E-state index in [1.54, 1.807) is 12.4 Å². The third-order valence-electron chi connectivity index (χ3n) is 3.33. The second-order valence-electron chi connectivity index (χ2n) is 4.59. The molecule has 0 unspecified atom stereocenters. The van der Waals surface area contributed by atoms with Gasteiger partial charge in [-0.3, -0.25) is 0 Å². The van der Waals surface area contributed by atoms with Crippen molar-refractivity contribution in [2.75, 3.05) is 11.9 Å². The molecule has 94 valence electrons. The molecule has 6 nitrogen and oxygen atoms in total. The van der Waals surface area contributed by atoms with Crippen LogP contribution in [0.2, 0.25) is 0 Å².